The highest BCUT2D eigenvalue weighted by molar-refractivity contribution is 6.30. The molecule has 0 bridgehead atoms. The number of hydrogen-bond acceptors (Lipinski definition) is 1. The molecule has 0 heterocycles. The monoisotopic (exact) mass is 191 g/mol. The van der Waals surface area contributed by atoms with E-state index in [-0.39, 0.29) is 10.6 Å². The normalized spacial score (nSPS) is 13.0. The minimum atomic E-state index is -0.927. The summed E-state index contributed by atoms with van der Waals surface area (Å²) in [6.45, 7) is -0.794. The largest absolute Gasteiger partial charge is 0.322 e. The van der Waals surface area contributed by atoms with Crippen molar-refractivity contribution < 1.29 is 8.78 Å². The minimum absolute atomic E-state index is 0.0311. The van der Waals surface area contributed by atoms with Gasteiger partial charge in [0.25, 0.3) is 0 Å². The molecular weight excluding hydrogens is 184 g/mol. The second-order valence-electron chi connectivity index (χ2n) is 2.40. The standard InChI is InChI=1S/C8H8ClF2N/c9-6-3-1-2-5(8(6)11)7(12)4-10/h1-3,7H,4,12H2. The lowest BCUT2D eigenvalue weighted by atomic mass is 10.1. The van der Waals surface area contributed by atoms with Gasteiger partial charge in [0, 0.05) is 5.56 Å². The van der Waals surface area contributed by atoms with Crippen LogP contribution in [0.3, 0.4) is 0 Å². The van der Waals surface area contributed by atoms with Crippen molar-refractivity contribution in [1.82, 2.24) is 0 Å². The first-order valence-electron chi connectivity index (χ1n) is 3.42. The fourth-order valence-corrected chi connectivity index (χ4v) is 1.07. The summed E-state index contributed by atoms with van der Waals surface area (Å²) in [7, 11) is 0. The van der Waals surface area contributed by atoms with E-state index in [1.165, 1.54) is 18.2 Å². The van der Waals surface area contributed by atoms with E-state index in [9.17, 15) is 8.78 Å². The maximum absolute atomic E-state index is 13.1. The summed E-state index contributed by atoms with van der Waals surface area (Å²) in [5, 5.41) is -0.0311. The van der Waals surface area contributed by atoms with Crippen molar-refractivity contribution in [1.29, 1.82) is 0 Å². The third kappa shape index (κ3) is 1.73. The zero-order chi connectivity index (χ0) is 9.14. The van der Waals surface area contributed by atoms with E-state index in [1.54, 1.807) is 0 Å². The first-order valence-corrected chi connectivity index (χ1v) is 3.80. The smallest absolute Gasteiger partial charge is 0.146 e. The molecular formula is C8H8ClF2N. The van der Waals surface area contributed by atoms with Crippen molar-refractivity contribution in [2.24, 2.45) is 5.73 Å². The quantitative estimate of drug-likeness (QED) is 0.764. The van der Waals surface area contributed by atoms with Crippen LogP contribution in [0.15, 0.2) is 18.2 Å². The summed E-state index contributed by atoms with van der Waals surface area (Å²) in [6, 6.07) is 3.43. The molecule has 1 aromatic carbocycles. The van der Waals surface area contributed by atoms with Gasteiger partial charge in [-0.1, -0.05) is 23.7 Å². The highest BCUT2D eigenvalue weighted by Gasteiger charge is 2.12. The summed E-state index contributed by atoms with van der Waals surface area (Å²) < 4.78 is 25.1. The molecule has 0 aromatic heterocycles. The van der Waals surface area contributed by atoms with Crippen molar-refractivity contribution >= 4 is 11.6 Å². The van der Waals surface area contributed by atoms with Crippen molar-refractivity contribution in [3.05, 3.63) is 34.6 Å². The van der Waals surface area contributed by atoms with Gasteiger partial charge in [-0.05, 0) is 6.07 Å². The third-order valence-electron chi connectivity index (χ3n) is 1.55. The Hall–Kier alpha value is -0.670. The van der Waals surface area contributed by atoms with Crippen LogP contribution >= 0.6 is 11.6 Å². The molecule has 1 aromatic rings. The molecule has 0 saturated heterocycles. The summed E-state index contributed by atoms with van der Waals surface area (Å²) in [4.78, 5) is 0. The lowest BCUT2D eigenvalue weighted by Crippen LogP contribution is -2.13. The fraction of sp³-hybridized carbons (Fsp3) is 0.250. The Bertz CT molecular complexity index is 278. The van der Waals surface area contributed by atoms with Crippen molar-refractivity contribution in [3.63, 3.8) is 0 Å². The molecule has 1 atom stereocenters. The second-order valence-corrected chi connectivity index (χ2v) is 2.81. The van der Waals surface area contributed by atoms with Gasteiger partial charge in [0.2, 0.25) is 0 Å². The van der Waals surface area contributed by atoms with Crippen molar-refractivity contribution in [3.8, 4) is 0 Å². The van der Waals surface area contributed by atoms with Gasteiger partial charge >= 0.3 is 0 Å². The molecule has 1 unspecified atom stereocenters. The van der Waals surface area contributed by atoms with Crippen molar-refractivity contribution in [2.75, 3.05) is 6.67 Å². The number of rotatable bonds is 2. The van der Waals surface area contributed by atoms with E-state index in [0.717, 1.165) is 0 Å². The molecule has 66 valence electrons. The topological polar surface area (TPSA) is 26.0 Å². The van der Waals surface area contributed by atoms with Gasteiger partial charge in [0.15, 0.2) is 0 Å². The van der Waals surface area contributed by atoms with E-state index in [0.29, 0.717) is 0 Å². The second kappa shape index (κ2) is 3.83. The maximum atomic E-state index is 13.1. The van der Waals surface area contributed by atoms with E-state index in [1.807, 2.05) is 0 Å². The zero-order valence-corrected chi connectivity index (χ0v) is 6.98. The lowest BCUT2D eigenvalue weighted by molar-refractivity contribution is 0.427. The SMILES string of the molecule is NC(CF)c1cccc(Cl)c1F. The number of halogens is 3. The number of hydrogen-bond donors (Lipinski definition) is 1. The van der Waals surface area contributed by atoms with Crippen LogP contribution in [0.25, 0.3) is 0 Å². The minimum Gasteiger partial charge on any atom is -0.322 e. The van der Waals surface area contributed by atoms with E-state index >= 15 is 0 Å². The molecule has 1 nitrogen and oxygen atoms in total. The molecule has 4 heteroatoms. The molecule has 0 aliphatic carbocycles. The Kier molecular flexibility index (Phi) is 3.00. The molecule has 0 aliphatic rings. The van der Waals surface area contributed by atoms with Gasteiger partial charge < -0.3 is 5.73 Å². The third-order valence-corrected chi connectivity index (χ3v) is 1.84. The van der Waals surface area contributed by atoms with Crippen LogP contribution in [0.2, 0.25) is 5.02 Å². The van der Waals surface area contributed by atoms with Crippen LogP contribution in [0.4, 0.5) is 8.78 Å². The van der Waals surface area contributed by atoms with Gasteiger partial charge in [-0.15, -0.1) is 0 Å². The molecule has 12 heavy (non-hydrogen) atoms. The van der Waals surface area contributed by atoms with Crippen LogP contribution in [-0.4, -0.2) is 6.67 Å². The number of nitrogens with two attached hydrogens (primary N) is 1. The molecule has 1 rings (SSSR count). The van der Waals surface area contributed by atoms with Gasteiger partial charge in [-0.2, -0.15) is 0 Å². The van der Waals surface area contributed by atoms with Crippen molar-refractivity contribution in [2.45, 2.75) is 6.04 Å². The van der Waals surface area contributed by atoms with E-state index in [2.05, 4.69) is 0 Å². The summed E-state index contributed by atoms with van der Waals surface area (Å²) in [6.07, 6.45) is 0. The zero-order valence-electron chi connectivity index (χ0n) is 6.23. The van der Waals surface area contributed by atoms with Crippen LogP contribution in [0.5, 0.6) is 0 Å². The van der Waals surface area contributed by atoms with Gasteiger partial charge in [-0.25, -0.2) is 8.78 Å². The summed E-state index contributed by atoms with van der Waals surface area (Å²) >= 11 is 5.46. The Labute approximate surface area is 74.1 Å². The van der Waals surface area contributed by atoms with Crippen LogP contribution in [-0.2, 0) is 0 Å². The predicted octanol–water partition coefficient (Wildman–Crippen LogP) is 2.45. The Morgan fingerprint density at radius 1 is 1.50 bits per heavy atom. The maximum Gasteiger partial charge on any atom is 0.146 e. The first-order chi connectivity index (χ1) is 5.66. The first kappa shape index (κ1) is 9.42. The number of benzene rings is 1. The molecule has 0 amide bonds. The summed E-state index contributed by atoms with van der Waals surface area (Å²) in [5.74, 6) is -0.635. The highest BCUT2D eigenvalue weighted by atomic mass is 35.5. The van der Waals surface area contributed by atoms with Gasteiger partial charge in [0.1, 0.15) is 12.5 Å². The van der Waals surface area contributed by atoms with Gasteiger partial charge in [0.05, 0.1) is 11.1 Å². The number of alkyl halides is 1. The highest BCUT2D eigenvalue weighted by Crippen LogP contribution is 2.22. The Balaban J connectivity index is 3.07. The van der Waals surface area contributed by atoms with E-state index < -0.39 is 18.5 Å². The average molecular weight is 192 g/mol. The van der Waals surface area contributed by atoms with Crippen LogP contribution in [0.1, 0.15) is 11.6 Å². The van der Waals surface area contributed by atoms with Gasteiger partial charge in [-0.3, -0.25) is 0 Å². The van der Waals surface area contributed by atoms with Crippen LogP contribution in [0, 0.1) is 5.82 Å². The molecule has 0 saturated carbocycles. The molecule has 0 aliphatic heterocycles. The Morgan fingerprint density at radius 3 is 2.75 bits per heavy atom. The van der Waals surface area contributed by atoms with E-state index in [4.69, 9.17) is 17.3 Å². The van der Waals surface area contributed by atoms with Crippen LogP contribution < -0.4 is 5.73 Å². The molecule has 2 N–H and O–H groups in total. The fourth-order valence-electron chi connectivity index (χ4n) is 0.890. The average Bonchev–Trinajstić information content (AvgIpc) is 2.08. The lowest BCUT2D eigenvalue weighted by Gasteiger charge is -2.08. The molecule has 0 spiro atoms. The molecule has 0 fully saturated rings. The Morgan fingerprint density at radius 2 is 2.17 bits per heavy atom. The predicted molar refractivity (Wildman–Crippen MR) is 44.3 cm³/mol. The summed E-state index contributed by atoms with van der Waals surface area (Å²) in [5.41, 5.74) is 5.41. The molecule has 0 radical (unpaired) electrons.